The van der Waals surface area contributed by atoms with Crippen molar-refractivity contribution in [3.8, 4) is 11.5 Å². The van der Waals surface area contributed by atoms with Crippen LogP contribution in [-0.4, -0.2) is 45.2 Å². The number of nitrogens with one attached hydrogen (secondary N) is 1. The van der Waals surface area contributed by atoms with Crippen molar-refractivity contribution in [2.24, 2.45) is 5.73 Å². The summed E-state index contributed by atoms with van der Waals surface area (Å²) in [5, 5.41) is 10.7. The van der Waals surface area contributed by atoms with Crippen LogP contribution in [0.4, 0.5) is 0 Å². The van der Waals surface area contributed by atoms with Crippen LogP contribution in [0, 0.1) is 6.92 Å². The molecule has 0 saturated carbocycles. The van der Waals surface area contributed by atoms with Crippen LogP contribution in [0.1, 0.15) is 34.9 Å². The maximum absolute atomic E-state index is 13.5. The maximum Gasteiger partial charge on any atom is 0.306 e. The number of benzene rings is 1. The van der Waals surface area contributed by atoms with Crippen molar-refractivity contribution >= 4 is 11.9 Å². The molecule has 1 aromatic carbocycles. The molecule has 33 heavy (non-hydrogen) atoms. The Balaban J connectivity index is 2.04. The van der Waals surface area contributed by atoms with E-state index in [0.29, 0.717) is 30.0 Å². The predicted octanol–water partition coefficient (Wildman–Crippen LogP) is 1.39. The number of imidazole rings is 1. The molecule has 0 bridgehead atoms. The van der Waals surface area contributed by atoms with Crippen LogP contribution in [0.2, 0.25) is 0 Å². The standard InChI is InChI=1S/C23H26N4O6/c1-14-8-19(28)22(23(31)27(14)7-6-16-11-25-13-26-16)18(10-21(30)32-2)15-4-3-5-17(9-15)33-12-20(24)29/h3-5,8-9,11,13,18,28H,6-7,10,12H2,1-2H3,(H2,24,29)(H,25,26)/t18-/m1/s1. The third-order valence-electron chi connectivity index (χ3n) is 5.27. The largest absolute Gasteiger partial charge is 0.507 e. The number of methoxy groups -OCH3 is 1. The predicted molar refractivity (Wildman–Crippen MR) is 119 cm³/mol. The molecule has 0 unspecified atom stereocenters. The third kappa shape index (κ3) is 5.79. The van der Waals surface area contributed by atoms with Gasteiger partial charge >= 0.3 is 5.97 Å². The molecule has 1 amide bonds. The minimum Gasteiger partial charge on any atom is -0.507 e. The molecule has 3 aromatic rings. The molecule has 0 radical (unpaired) electrons. The van der Waals surface area contributed by atoms with Gasteiger partial charge in [-0.3, -0.25) is 14.4 Å². The lowest BCUT2D eigenvalue weighted by molar-refractivity contribution is -0.140. The summed E-state index contributed by atoms with van der Waals surface area (Å²) in [7, 11) is 1.25. The van der Waals surface area contributed by atoms with Gasteiger partial charge in [-0.15, -0.1) is 0 Å². The van der Waals surface area contributed by atoms with Gasteiger partial charge in [0, 0.05) is 36.5 Å². The van der Waals surface area contributed by atoms with Gasteiger partial charge in [0.15, 0.2) is 6.61 Å². The second-order valence-electron chi connectivity index (χ2n) is 7.53. The van der Waals surface area contributed by atoms with Gasteiger partial charge in [-0.25, -0.2) is 4.98 Å². The van der Waals surface area contributed by atoms with E-state index in [0.717, 1.165) is 5.69 Å². The lowest BCUT2D eigenvalue weighted by Gasteiger charge is -2.21. The molecule has 3 rings (SSSR count). The van der Waals surface area contributed by atoms with Crippen LogP contribution in [0.25, 0.3) is 0 Å². The second kappa shape index (κ2) is 10.5. The number of H-pyrrole nitrogens is 1. The number of carbonyl (C=O) groups excluding carboxylic acids is 2. The molecule has 0 aliphatic rings. The number of pyridine rings is 1. The Kier molecular flexibility index (Phi) is 7.50. The van der Waals surface area contributed by atoms with Gasteiger partial charge in [-0.1, -0.05) is 12.1 Å². The van der Waals surface area contributed by atoms with Crippen molar-refractivity contribution in [3.05, 3.63) is 75.7 Å². The number of nitrogens with zero attached hydrogens (tertiary/aromatic N) is 2. The van der Waals surface area contributed by atoms with Gasteiger partial charge < -0.3 is 29.9 Å². The van der Waals surface area contributed by atoms with Crippen LogP contribution in [0.5, 0.6) is 11.5 Å². The topological polar surface area (TPSA) is 150 Å². The van der Waals surface area contributed by atoms with E-state index < -0.39 is 23.4 Å². The van der Waals surface area contributed by atoms with Crippen molar-refractivity contribution in [1.82, 2.24) is 14.5 Å². The zero-order valence-corrected chi connectivity index (χ0v) is 18.4. The molecule has 0 spiro atoms. The highest BCUT2D eigenvalue weighted by Gasteiger charge is 2.27. The number of primary amides is 1. The Labute approximate surface area is 190 Å². The summed E-state index contributed by atoms with van der Waals surface area (Å²) < 4.78 is 11.7. The zero-order chi connectivity index (χ0) is 24.0. The van der Waals surface area contributed by atoms with Gasteiger partial charge in [0.2, 0.25) is 0 Å². The Morgan fingerprint density at radius 2 is 2.09 bits per heavy atom. The number of hydrogen-bond donors (Lipinski definition) is 3. The first-order valence-electron chi connectivity index (χ1n) is 10.3. The number of carbonyl (C=O) groups is 2. The average molecular weight is 454 g/mol. The summed E-state index contributed by atoms with van der Waals surface area (Å²) in [6, 6.07) is 8.10. The minimum absolute atomic E-state index is 0.0719. The fourth-order valence-electron chi connectivity index (χ4n) is 3.64. The third-order valence-corrected chi connectivity index (χ3v) is 5.27. The molecular formula is C23H26N4O6. The van der Waals surface area contributed by atoms with Crippen LogP contribution < -0.4 is 16.0 Å². The van der Waals surface area contributed by atoms with E-state index >= 15 is 0 Å². The number of hydrogen-bond acceptors (Lipinski definition) is 7. The fraction of sp³-hybridized carbons (Fsp3) is 0.304. The zero-order valence-electron chi connectivity index (χ0n) is 18.4. The smallest absolute Gasteiger partial charge is 0.306 e. The number of ether oxygens (including phenoxy) is 2. The van der Waals surface area contributed by atoms with Crippen LogP contribution >= 0.6 is 0 Å². The van der Waals surface area contributed by atoms with Crippen molar-refractivity contribution in [2.75, 3.05) is 13.7 Å². The molecule has 0 aliphatic heterocycles. The number of aromatic nitrogens is 3. The van der Waals surface area contributed by atoms with Crippen LogP contribution in [0.15, 0.2) is 47.7 Å². The van der Waals surface area contributed by atoms with Gasteiger partial charge in [0.05, 0.1) is 25.4 Å². The van der Waals surface area contributed by atoms with Crippen molar-refractivity contribution in [2.45, 2.75) is 32.2 Å². The highest BCUT2D eigenvalue weighted by atomic mass is 16.5. The molecule has 174 valence electrons. The Hall–Kier alpha value is -4.08. The van der Waals surface area contributed by atoms with Crippen molar-refractivity contribution < 1.29 is 24.2 Å². The number of aromatic amines is 1. The fourth-order valence-corrected chi connectivity index (χ4v) is 3.64. The Morgan fingerprint density at radius 3 is 2.76 bits per heavy atom. The Morgan fingerprint density at radius 1 is 1.30 bits per heavy atom. The molecule has 2 aromatic heterocycles. The monoisotopic (exact) mass is 454 g/mol. The van der Waals surface area contributed by atoms with E-state index in [-0.39, 0.29) is 24.3 Å². The first kappa shape index (κ1) is 23.6. The first-order chi connectivity index (χ1) is 15.8. The molecule has 2 heterocycles. The molecule has 10 heteroatoms. The van der Waals surface area contributed by atoms with Gasteiger partial charge in [0.1, 0.15) is 11.5 Å². The summed E-state index contributed by atoms with van der Waals surface area (Å²) in [5.41, 5.74) is 6.78. The van der Waals surface area contributed by atoms with E-state index in [2.05, 4.69) is 9.97 Å². The number of aromatic hydroxyl groups is 1. The number of amides is 1. The van der Waals surface area contributed by atoms with E-state index in [1.54, 1.807) is 48.3 Å². The molecule has 1 atom stereocenters. The maximum atomic E-state index is 13.5. The normalized spacial score (nSPS) is 11.7. The number of rotatable bonds is 10. The van der Waals surface area contributed by atoms with Crippen LogP contribution in [-0.2, 0) is 27.3 Å². The molecule has 0 aliphatic carbocycles. The first-order valence-corrected chi connectivity index (χ1v) is 10.3. The Bertz CT molecular complexity index is 1190. The van der Waals surface area contributed by atoms with E-state index in [1.165, 1.54) is 13.2 Å². The summed E-state index contributed by atoms with van der Waals surface area (Å²) >= 11 is 0. The lowest BCUT2D eigenvalue weighted by atomic mass is 9.88. The van der Waals surface area contributed by atoms with Gasteiger partial charge in [-0.05, 0) is 30.7 Å². The SMILES string of the molecule is COC(=O)C[C@H](c1cccc(OCC(N)=O)c1)c1c(O)cc(C)n(CCc2cnc[nH]2)c1=O. The molecule has 0 saturated heterocycles. The summed E-state index contributed by atoms with van der Waals surface area (Å²) in [5.74, 6) is -1.87. The van der Waals surface area contributed by atoms with Crippen molar-refractivity contribution in [3.63, 3.8) is 0 Å². The number of aryl methyl sites for hydroxylation is 2. The van der Waals surface area contributed by atoms with Crippen LogP contribution in [0.3, 0.4) is 0 Å². The van der Waals surface area contributed by atoms with E-state index in [4.69, 9.17) is 15.2 Å². The lowest BCUT2D eigenvalue weighted by Crippen LogP contribution is -2.29. The molecule has 0 fully saturated rings. The van der Waals surface area contributed by atoms with Crippen molar-refractivity contribution in [1.29, 1.82) is 0 Å². The molecular weight excluding hydrogens is 428 g/mol. The quantitative estimate of drug-likeness (QED) is 0.392. The molecule has 10 nitrogen and oxygen atoms in total. The van der Waals surface area contributed by atoms with Gasteiger partial charge in [-0.2, -0.15) is 0 Å². The summed E-state index contributed by atoms with van der Waals surface area (Å²) in [6.07, 6.45) is 3.59. The highest BCUT2D eigenvalue weighted by Crippen LogP contribution is 2.34. The summed E-state index contributed by atoms with van der Waals surface area (Å²) in [6.45, 7) is 1.76. The van der Waals surface area contributed by atoms with E-state index in [1.807, 2.05) is 0 Å². The second-order valence-corrected chi connectivity index (χ2v) is 7.53. The number of esters is 1. The summed E-state index contributed by atoms with van der Waals surface area (Å²) in [4.78, 5) is 43.7. The average Bonchev–Trinajstić information content (AvgIpc) is 3.30. The minimum atomic E-state index is -0.805. The number of nitrogens with two attached hydrogens (primary N) is 1. The highest BCUT2D eigenvalue weighted by molar-refractivity contribution is 5.75. The van der Waals surface area contributed by atoms with Gasteiger partial charge in [0.25, 0.3) is 11.5 Å². The molecule has 4 N–H and O–H groups in total. The van der Waals surface area contributed by atoms with E-state index in [9.17, 15) is 19.5 Å².